The van der Waals surface area contributed by atoms with Crippen LogP contribution in [0.2, 0.25) is 0 Å². The summed E-state index contributed by atoms with van der Waals surface area (Å²) in [5, 5.41) is 1.20. The predicted molar refractivity (Wildman–Crippen MR) is 192 cm³/mol. The van der Waals surface area contributed by atoms with Crippen LogP contribution in [0.25, 0.3) is 17.0 Å². The zero-order valence-corrected chi connectivity index (χ0v) is 28.5. The fourth-order valence-electron chi connectivity index (χ4n) is 5.45. The molecule has 0 aliphatic heterocycles. The molecule has 0 saturated heterocycles. The van der Waals surface area contributed by atoms with Gasteiger partial charge in [-0.15, -0.1) is 0 Å². The zero-order valence-electron chi connectivity index (χ0n) is 28.5. The Bertz CT molecular complexity index is 1710. The first-order valence-corrected chi connectivity index (χ1v) is 17.0. The Morgan fingerprint density at radius 2 is 1.40 bits per heavy atom. The van der Waals surface area contributed by atoms with Gasteiger partial charge < -0.3 is 18.8 Å². The van der Waals surface area contributed by atoms with Crippen LogP contribution < -0.4 is 9.47 Å². The van der Waals surface area contributed by atoms with Crippen molar-refractivity contribution in [3.8, 4) is 11.5 Å². The second kappa shape index (κ2) is 18.4. The number of hydrogen-bond acceptors (Lipinski definition) is 6. The smallest absolute Gasteiger partial charge is 0.343 e. The van der Waals surface area contributed by atoms with Crippen molar-refractivity contribution < 1.29 is 28.6 Å². The molecule has 0 radical (unpaired) electrons. The van der Waals surface area contributed by atoms with Crippen molar-refractivity contribution >= 4 is 34.7 Å². The Balaban J connectivity index is 1.20. The first kappa shape index (κ1) is 35.9. The number of esters is 2. The van der Waals surface area contributed by atoms with Gasteiger partial charge in [0.2, 0.25) is 0 Å². The maximum atomic E-state index is 13.0. The van der Waals surface area contributed by atoms with Gasteiger partial charge in [0.1, 0.15) is 11.5 Å². The summed E-state index contributed by atoms with van der Waals surface area (Å²) in [6, 6.07) is 21.9. The average Bonchev–Trinajstić information content (AvgIpc) is 3.37. The first-order valence-electron chi connectivity index (χ1n) is 17.0. The molecule has 0 aliphatic rings. The molecule has 7 heteroatoms. The van der Waals surface area contributed by atoms with Crippen LogP contribution in [-0.4, -0.2) is 35.5 Å². The molecule has 0 saturated carbocycles. The molecule has 4 aromatic rings. The summed E-state index contributed by atoms with van der Waals surface area (Å²) in [5.41, 5.74) is 4.74. The molecule has 1 aromatic heterocycles. The lowest BCUT2D eigenvalue weighted by Crippen LogP contribution is -2.08. The van der Waals surface area contributed by atoms with Crippen LogP contribution >= 0.6 is 0 Å². The van der Waals surface area contributed by atoms with Gasteiger partial charge in [0, 0.05) is 34.3 Å². The Morgan fingerprint density at radius 3 is 2.08 bits per heavy atom. The number of benzene rings is 3. The molecule has 0 spiro atoms. The number of para-hydroxylation sites is 1. The Hall–Kier alpha value is -4.91. The summed E-state index contributed by atoms with van der Waals surface area (Å²) in [6.45, 7) is 11.4. The average molecular weight is 650 g/mol. The van der Waals surface area contributed by atoms with Crippen LogP contribution in [0.15, 0.2) is 91.0 Å². The summed E-state index contributed by atoms with van der Waals surface area (Å²) in [5.74, 6) is 0.139. The molecule has 1 heterocycles. The third-order valence-electron chi connectivity index (χ3n) is 8.23. The van der Waals surface area contributed by atoms with Gasteiger partial charge in [-0.25, -0.2) is 9.59 Å². The highest BCUT2D eigenvalue weighted by molar-refractivity contribution is 6.07. The largest absolute Gasteiger partial charge is 0.494 e. The van der Waals surface area contributed by atoms with E-state index in [9.17, 15) is 14.4 Å². The highest BCUT2D eigenvalue weighted by atomic mass is 16.5. The fourth-order valence-corrected chi connectivity index (χ4v) is 5.45. The molecule has 0 unspecified atom stereocenters. The number of fused-ring (bicyclic) bond motifs is 1. The van der Waals surface area contributed by atoms with Gasteiger partial charge in [-0.05, 0) is 105 Å². The van der Waals surface area contributed by atoms with Gasteiger partial charge in [-0.3, -0.25) is 4.79 Å². The van der Waals surface area contributed by atoms with Crippen molar-refractivity contribution in [2.45, 2.75) is 78.7 Å². The lowest BCUT2D eigenvalue weighted by atomic mass is 10.1. The quantitative estimate of drug-likeness (QED) is 0.0331. The molecule has 3 aromatic carbocycles. The molecule has 0 amide bonds. The van der Waals surface area contributed by atoms with Gasteiger partial charge in [-0.1, -0.05) is 63.8 Å². The summed E-state index contributed by atoms with van der Waals surface area (Å²) in [7, 11) is 0. The van der Waals surface area contributed by atoms with Gasteiger partial charge in [-0.2, -0.15) is 0 Å². The normalized spacial score (nSPS) is 11.1. The maximum absolute atomic E-state index is 13.0. The number of nitrogens with zero attached hydrogens (tertiary/aromatic N) is 1. The van der Waals surface area contributed by atoms with Crippen LogP contribution in [-0.2, 0) is 16.1 Å². The standard InChI is InChI=1S/C41H47NO6/c1-5-6-27-42-37(31(4)36-15-11-12-16-38(36)42)25-26-39(43)32-17-23-35(24-18-32)48-41(45)33-19-21-34(22-20-33)46-28-13-9-7-8-10-14-29-47-40(44)30(2)3/h11-12,15-26H,2,5-10,13-14,27-29H2,1,3-4H3/b26-25+. The van der Waals surface area contributed by atoms with Crippen molar-refractivity contribution in [2.75, 3.05) is 13.2 Å². The van der Waals surface area contributed by atoms with Crippen molar-refractivity contribution in [1.29, 1.82) is 0 Å². The van der Waals surface area contributed by atoms with E-state index in [1.165, 1.54) is 10.9 Å². The minimum atomic E-state index is -0.481. The molecular formula is C41H47NO6. The molecule has 48 heavy (non-hydrogen) atoms. The lowest BCUT2D eigenvalue weighted by Gasteiger charge is -2.08. The Morgan fingerprint density at radius 1 is 0.771 bits per heavy atom. The number of aryl methyl sites for hydroxylation is 2. The third kappa shape index (κ3) is 10.3. The molecule has 7 nitrogen and oxygen atoms in total. The van der Waals surface area contributed by atoms with Crippen molar-refractivity contribution in [3.05, 3.63) is 113 Å². The number of aromatic nitrogens is 1. The molecule has 0 bridgehead atoms. The van der Waals surface area contributed by atoms with E-state index in [1.54, 1.807) is 61.5 Å². The van der Waals surface area contributed by atoms with E-state index in [0.717, 1.165) is 69.2 Å². The predicted octanol–water partition coefficient (Wildman–Crippen LogP) is 9.70. The number of ketones is 1. The molecular weight excluding hydrogens is 602 g/mol. The molecule has 0 fully saturated rings. The first-order chi connectivity index (χ1) is 23.3. The van der Waals surface area contributed by atoms with Crippen molar-refractivity contribution in [3.63, 3.8) is 0 Å². The number of carbonyl (C=O) groups excluding carboxylic acids is 3. The summed E-state index contributed by atoms with van der Waals surface area (Å²) < 4.78 is 18.8. The number of unbranched alkanes of at least 4 members (excludes halogenated alkanes) is 6. The molecule has 0 N–H and O–H groups in total. The van der Waals surface area contributed by atoms with Crippen LogP contribution in [0.5, 0.6) is 11.5 Å². The van der Waals surface area contributed by atoms with Gasteiger partial charge >= 0.3 is 11.9 Å². The van der Waals surface area contributed by atoms with Crippen molar-refractivity contribution in [1.82, 2.24) is 4.57 Å². The molecule has 252 valence electrons. The topological polar surface area (TPSA) is 83.8 Å². The number of hydrogen-bond donors (Lipinski definition) is 0. The number of allylic oxidation sites excluding steroid dienone is 1. The van der Waals surface area contributed by atoms with Crippen LogP contribution in [0, 0.1) is 6.92 Å². The van der Waals surface area contributed by atoms with E-state index in [2.05, 4.69) is 37.1 Å². The van der Waals surface area contributed by atoms with E-state index in [1.807, 2.05) is 18.2 Å². The van der Waals surface area contributed by atoms with Gasteiger partial charge in [0.15, 0.2) is 5.78 Å². The molecule has 0 atom stereocenters. The minimum absolute atomic E-state index is 0.117. The van der Waals surface area contributed by atoms with Crippen LogP contribution in [0.3, 0.4) is 0 Å². The number of ether oxygens (including phenoxy) is 3. The summed E-state index contributed by atoms with van der Waals surface area (Å²) in [4.78, 5) is 37.1. The Kier molecular flexibility index (Phi) is 13.8. The Labute approximate surface area is 284 Å². The number of carbonyl (C=O) groups is 3. The highest BCUT2D eigenvalue weighted by Crippen LogP contribution is 2.27. The fraction of sp³-hybridized carbons (Fsp3) is 0.341. The monoisotopic (exact) mass is 649 g/mol. The zero-order chi connectivity index (χ0) is 34.3. The maximum Gasteiger partial charge on any atom is 0.343 e. The summed E-state index contributed by atoms with van der Waals surface area (Å²) >= 11 is 0. The number of rotatable bonds is 19. The molecule has 0 aliphatic carbocycles. The van der Waals surface area contributed by atoms with Crippen molar-refractivity contribution in [2.24, 2.45) is 0 Å². The van der Waals surface area contributed by atoms with Crippen LogP contribution in [0.4, 0.5) is 0 Å². The summed E-state index contributed by atoms with van der Waals surface area (Å²) in [6.07, 6.45) is 11.7. The van der Waals surface area contributed by atoms with E-state index in [4.69, 9.17) is 14.2 Å². The van der Waals surface area contributed by atoms with E-state index in [-0.39, 0.29) is 11.8 Å². The second-order valence-corrected chi connectivity index (χ2v) is 12.1. The van der Waals surface area contributed by atoms with Gasteiger partial charge in [0.05, 0.1) is 18.8 Å². The highest BCUT2D eigenvalue weighted by Gasteiger charge is 2.13. The van der Waals surface area contributed by atoms with E-state index in [0.29, 0.717) is 41.4 Å². The van der Waals surface area contributed by atoms with Crippen LogP contribution in [0.1, 0.15) is 97.2 Å². The minimum Gasteiger partial charge on any atom is -0.494 e. The second-order valence-electron chi connectivity index (χ2n) is 12.1. The van der Waals surface area contributed by atoms with E-state index < -0.39 is 5.97 Å². The SMILES string of the molecule is C=C(C)C(=O)OCCCCCCCCOc1ccc(C(=O)Oc2ccc(C(=O)/C=C/c3c(C)c4ccccc4n3CCCC)cc2)cc1. The molecule has 4 rings (SSSR count). The van der Waals surface area contributed by atoms with E-state index >= 15 is 0 Å². The third-order valence-corrected chi connectivity index (χ3v) is 8.23. The van der Waals surface area contributed by atoms with Gasteiger partial charge in [0.25, 0.3) is 0 Å². The lowest BCUT2D eigenvalue weighted by molar-refractivity contribution is -0.139.